The molecule has 1 heterocycles. The number of carboxylic acids is 1. The summed E-state index contributed by atoms with van der Waals surface area (Å²) in [5, 5.41) is 14.6. The van der Waals surface area contributed by atoms with E-state index in [0.717, 1.165) is 19.4 Å². The standard InChI is InChI=1S/C10H19N3O3/c1-11-5-3-6-12-10(16)13-7-2-4-8(13)9(14)15/h8,11H,2-7H2,1H3,(H,12,16)(H,14,15)/t8-/m1/s1. The van der Waals surface area contributed by atoms with Crippen LogP contribution >= 0.6 is 0 Å². The highest BCUT2D eigenvalue weighted by atomic mass is 16.4. The lowest BCUT2D eigenvalue weighted by Gasteiger charge is -2.21. The van der Waals surface area contributed by atoms with Gasteiger partial charge in [0.2, 0.25) is 0 Å². The highest BCUT2D eigenvalue weighted by molar-refractivity contribution is 5.83. The molecule has 1 rings (SSSR count). The summed E-state index contributed by atoms with van der Waals surface area (Å²) in [5.41, 5.74) is 0. The summed E-state index contributed by atoms with van der Waals surface area (Å²) < 4.78 is 0. The summed E-state index contributed by atoms with van der Waals surface area (Å²) >= 11 is 0. The third-order valence-electron chi connectivity index (χ3n) is 2.68. The van der Waals surface area contributed by atoms with E-state index in [1.807, 2.05) is 7.05 Å². The number of urea groups is 1. The molecule has 0 aromatic heterocycles. The maximum absolute atomic E-state index is 11.7. The second kappa shape index (κ2) is 6.32. The van der Waals surface area contributed by atoms with Gasteiger partial charge in [-0.05, 0) is 32.9 Å². The Kier molecular flexibility index (Phi) is 5.04. The Labute approximate surface area is 95.0 Å². The number of aliphatic carboxylic acids is 1. The Morgan fingerprint density at radius 1 is 1.44 bits per heavy atom. The fraction of sp³-hybridized carbons (Fsp3) is 0.800. The minimum absolute atomic E-state index is 0.263. The van der Waals surface area contributed by atoms with E-state index < -0.39 is 12.0 Å². The van der Waals surface area contributed by atoms with Crippen LogP contribution in [0.4, 0.5) is 4.79 Å². The lowest BCUT2D eigenvalue weighted by atomic mass is 10.2. The number of likely N-dealkylation sites (tertiary alicyclic amines) is 1. The molecule has 0 aliphatic carbocycles. The highest BCUT2D eigenvalue weighted by Gasteiger charge is 2.33. The van der Waals surface area contributed by atoms with Crippen molar-refractivity contribution in [1.29, 1.82) is 0 Å². The zero-order valence-electron chi connectivity index (χ0n) is 9.53. The van der Waals surface area contributed by atoms with Crippen LogP contribution in [0.15, 0.2) is 0 Å². The number of amides is 2. The Bertz CT molecular complexity index is 258. The largest absolute Gasteiger partial charge is 0.480 e. The molecule has 3 N–H and O–H groups in total. The van der Waals surface area contributed by atoms with Crippen LogP contribution in [-0.2, 0) is 4.79 Å². The quantitative estimate of drug-likeness (QED) is 0.573. The molecule has 1 fully saturated rings. The van der Waals surface area contributed by atoms with Crippen LogP contribution in [0.3, 0.4) is 0 Å². The van der Waals surface area contributed by atoms with Crippen molar-refractivity contribution in [1.82, 2.24) is 15.5 Å². The molecule has 0 aromatic rings. The van der Waals surface area contributed by atoms with Crippen LogP contribution in [0, 0.1) is 0 Å². The normalized spacial score (nSPS) is 19.8. The summed E-state index contributed by atoms with van der Waals surface area (Å²) in [4.78, 5) is 23.9. The van der Waals surface area contributed by atoms with E-state index in [9.17, 15) is 9.59 Å². The maximum Gasteiger partial charge on any atom is 0.326 e. The highest BCUT2D eigenvalue weighted by Crippen LogP contribution is 2.16. The van der Waals surface area contributed by atoms with E-state index in [0.29, 0.717) is 19.5 Å². The van der Waals surface area contributed by atoms with Gasteiger partial charge in [0.15, 0.2) is 0 Å². The van der Waals surface area contributed by atoms with Crippen LogP contribution in [0.5, 0.6) is 0 Å². The fourth-order valence-corrected chi connectivity index (χ4v) is 1.83. The van der Waals surface area contributed by atoms with Crippen LogP contribution < -0.4 is 10.6 Å². The molecule has 2 amide bonds. The Balaban J connectivity index is 2.32. The molecular formula is C10H19N3O3. The number of carboxylic acid groups (broad SMARTS) is 1. The number of nitrogens with zero attached hydrogens (tertiary/aromatic N) is 1. The SMILES string of the molecule is CNCCCNC(=O)N1CCC[C@@H]1C(=O)O. The molecule has 0 unspecified atom stereocenters. The lowest BCUT2D eigenvalue weighted by molar-refractivity contribution is -0.141. The van der Waals surface area contributed by atoms with E-state index in [2.05, 4.69) is 10.6 Å². The zero-order valence-corrected chi connectivity index (χ0v) is 9.53. The van der Waals surface area contributed by atoms with Gasteiger partial charge in [-0.3, -0.25) is 0 Å². The van der Waals surface area contributed by atoms with Gasteiger partial charge < -0.3 is 20.6 Å². The Morgan fingerprint density at radius 3 is 2.81 bits per heavy atom. The second-order valence-electron chi connectivity index (χ2n) is 3.88. The third kappa shape index (κ3) is 3.37. The summed E-state index contributed by atoms with van der Waals surface area (Å²) in [6.45, 7) is 1.94. The maximum atomic E-state index is 11.7. The Hall–Kier alpha value is -1.30. The van der Waals surface area contributed by atoms with Crippen LogP contribution in [0.2, 0.25) is 0 Å². The number of nitrogens with one attached hydrogen (secondary N) is 2. The molecule has 0 bridgehead atoms. The molecule has 0 radical (unpaired) electrons. The minimum atomic E-state index is -0.914. The monoisotopic (exact) mass is 229 g/mol. The molecular weight excluding hydrogens is 210 g/mol. The number of carbonyl (C=O) groups is 2. The first kappa shape index (κ1) is 12.8. The van der Waals surface area contributed by atoms with Gasteiger partial charge in [0.1, 0.15) is 6.04 Å². The van der Waals surface area contributed by atoms with Crippen LogP contribution in [0.1, 0.15) is 19.3 Å². The molecule has 1 aliphatic rings. The summed E-state index contributed by atoms with van der Waals surface area (Å²) in [7, 11) is 1.85. The number of carbonyl (C=O) groups excluding carboxylic acids is 1. The first-order chi connectivity index (χ1) is 7.66. The summed E-state index contributed by atoms with van der Waals surface area (Å²) in [6, 6.07) is -0.912. The number of hydrogen-bond donors (Lipinski definition) is 3. The lowest BCUT2D eigenvalue weighted by Crippen LogP contribution is -2.46. The molecule has 6 nitrogen and oxygen atoms in total. The van der Waals surface area contributed by atoms with Crippen LogP contribution in [0.25, 0.3) is 0 Å². The van der Waals surface area contributed by atoms with E-state index in [1.54, 1.807) is 0 Å². The van der Waals surface area contributed by atoms with Gasteiger partial charge in [0, 0.05) is 13.1 Å². The number of hydrogen-bond acceptors (Lipinski definition) is 3. The molecule has 1 atom stereocenters. The predicted octanol–water partition coefficient (Wildman–Crippen LogP) is -0.145. The van der Waals surface area contributed by atoms with Crippen LogP contribution in [-0.4, -0.2) is 54.7 Å². The molecule has 0 saturated carbocycles. The second-order valence-corrected chi connectivity index (χ2v) is 3.88. The average Bonchev–Trinajstić information content (AvgIpc) is 2.73. The van der Waals surface area contributed by atoms with Crippen molar-refractivity contribution in [3.05, 3.63) is 0 Å². The minimum Gasteiger partial charge on any atom is -0.480 e. The van der Waals surface area contributed by atoms with Gasteiger partial charge in [0.05, 0.1) is 0 Å². The topological polar surface area (TPSA) is 81.7 Å². The zero-order chi connectivity index (χ0) is 12.0. The van der Waals surface area contributed by atoms with Crippen molar-refractivity contribution < 1.29 is 14.7 Å². The van der Waals surface area contributed by atoms with Crippen molar-refractivity contribution in [3.63, 3.8) is 0 Å². The molecule has 16 heavy (non-hydrogen) atoms. The molecule has 0 aromatic carbocycles. The van der Waals surface area contributed by atoms with Gasteiger partial charge in [-0.15, -0.1) is 0 Å². The van der Waals surface area contributed by atoms with E-state index >= 15 is 0 Å². The van der Waals surface area contributed by atoms with Crippen molar-refractivity contribution in [2.75, 3.05) is 26.7 Å². The van der Waals surface area contributed by atoms with Gasteiger partial charge in [0.25, 0.3) is 0 Å². The van der Waals surface area contributed by atoms with Gasteiger partial charge in [-0.2, -0.15) is 0 Å². The van der Waals surface area contributed by atoms with Crippen molar-refractivity contribution in [2.45, 2.75) is 25.3 Å². The van der Waals surface area contributed by atoms with E-state index in [4.69, 9.17) is 5.11 Å². The molecule has 0 spiro atoms. The van der Waals surface area contributed by atoms with Crippen molar-refractivity contribution >= 4 is 12.0 Å². The first-order valence-electron chi connectivity index (χ1n) is 5.58. The molecule has 6 heteroatoms. The van der Waals surface area contributed by atoms with Gasteiger partial charge in [-0.25, -0.2) is 9.59 Å². The summed E-state index contributed by atoms with van der Waals surface area (Å²) in [5.74, 6) is -0.914. The van der Waals surface area contributed by atoms with Gasteiger partial charge in [-0.1, -0.05) is 0 Å². The van der Waals surface area contributed by atoms with E-state index in [-0.39, 0.29) is 6.03 Å². The molecule has 1 saturated heterocycles. The number of rotatable bonds is 5. The third-order valence-corrected chi connectivity index (χ3v) is 2.68. The van der Waals surface area contributed by atoms with Crippen molar-refractivity contribution in [2.24, 2.45) is 0 Å². The van der Waals surface area contributed by atoms with Gasteiger partial charge >= 0.3 is 12.0 Å². The summed E-state index contributed by atoms with van der Waals surface area (Å²) in [6.07, 6.45) is 2.16. The first-order valence-corrected chi connectivity index (χ1v) is 5.58. The van der Waals surface area contributed by atoms with E-state index in [1.165, 1.54) is 4.90 Å². The predicted molar refractivity (Wildman–Crippen MR) is 59.3 cm³/mol. The smallest absolute Gasteiger partial charge is 0.326 e. The van der Waals surface area contributed by atoms with Crippen molar-refractivity contribution in [3.8, 4) is 0 Å². The molecule has 1 aliphatic heterocycles. The fourth-order valence-electron chi connectivity index (χ4n) is 1.83. The molecule has 92 valence electrons. The Morgan fingerprint density at radius 2 is 2.19 bits per heavy atom. The average molecular weight is 229 g/mol.